The molecule has 140 valence electrons. The molecule has 0 N–H and O–H groups in total. The lowest BCUT2D eigenvalue weighted by molar-refractivity contribution is -0.363. The molecule has 0 radical (unpaired) electrons. The number of allylic oxidation sites excluding steroid dienone is 2. The fourth-order valence-electron chi connectivity index (χ4n) is 4.27. The topological polar surface area (TPSA) is 7.94 Å². The van der Waals surface area contributed by atoms with Gasteiger partial charge in [-0.15, -0.1) is 0 Å². The average molecular weight is 439 g/mol. The monoisotopic (exact) mass is 438 g/mol. The van der Waals surface area contributed by atoms with Crippen LogP contribution in [-0.4, -0.2) is 21.6 Å². The summed E-state index contributed by atoms with van der Waals surface area (Å²) in [5.41, 5.74) is 2.64. The van der Waals surface area contributed by atoms with Gasteiger partial charge in [0.25, 0.3) is 0 Å². The van der Waals surface area contributed by atoms with Gasteiger partial charge >= 0.3 is 6.97 Å². The van der Waals surface area contributed by atoms with Crippen molar-refractivity contribution in [3.8, 4) is 0 Å². The SMILES string of the molecule is CC1=CC(C)=[N+]2C1=C(c1ccc(Br)c(F)c1F)c1c(C)cc(C)n1[B-]2(F)F. The molecule has 0 saturated heterocycles. The van der Waals surface area contributed by atoms with Crippen LogP contribution in [0.1, 0.15) is 36.4 Å². The van der Waals surface area contributed by atoms with Crippen molar-refractivity contribution in [2.45, 2.75) is 27.7 Å². The summed E-state index contributed by atoms with van der Waals surface area (Å²) in [6, 6.07) is 4.46. The Bertz CT molecular complexity index is 1130. The number of rotatable bonds is 1. The zero-order valence-electron chi connectivity index (χ0n) is 15.2. The van der Waals surface area contributed by atoms with E-state index in [9.17, 15) is 8.78 Å². The van der Waals surface area contributed by atoms with Crippen LogP contribution >= 0.6 is 15.9 Å². The van der Waals surface area contributed by atoms with Crippen LogP contribution in [0.4, 0.5) is 17.4 Å². The van der Waals surface area contributed by atoms with Crippen molar-refractivity contribution in [1.82, 2.24) is 4.48 Å². The third-order valence-electron chi connectivity index (χ3n) is 5.24. The minimum absolute atomic E-state index is 0.0127. The highest BCUT2D eigenvalue weighted by molar-refractivity contribution is 9.10. The van der Waals surface area contributed by atoms with Gasteiger partial charge < -0.3 is 17.6 Å². The molecule has 0 atom stereocenters. The van der Waals surface area contributed by atoms with Gasteiger partial charge in [0, 0.05) is 29.8 Å². The second kappa shape index (κ2) is 5.71. The van der Waals surface area contributed by atoms with E-state index in [2.05, 4.69) is 15.9 Å². The van der Waals surface area contributed by atoms with Gasteiger partial charge in [0.05, 0.1) is 10.0 Å². The zero-order chi connectivity index (χ0) is 19.8. The van der Waals surface area contributed by atoms with Crippen molar-refractivity contribution in [1.29, 1.82) is 0 Å². The van der Waals surface area contributed by atoms with Crippen LogP contribution in [0.3, 0.4) is 0 Å². The molecule has 1 aromatic carbocycles. The molecule has 1 aromatic heterocycles. The molecule has 4 rings (SSSR count). The van der Waals surface area contributed by atoms with E-state index in [0.29, 0.717) is 22.5 Å². The Morgan fingerprint density at radius 1 is 1.04 bits per heavy atom. The van der Waals surface area contributed by atoms with Crippen molar-refractivity contribution in [2.75, 3.05) is 0 Å². The van der Waals surface area contributed by atoms with Crippen LogP contribution in [0, 0.1) is 25.5 Å². The Morgan fingerprint density at radius 3 is 2.37 bits per heavy atom. The lowest BCUT2D eigenvalue weighted by Gasteiger charge is -2.34. The number of nitrogens with zero attached hydrogens (tertiary/aromatic N) is 2. The third kappa shape index (κ3) is 2.28. The van der Waals surface area contributed by atoms with Gasteiger partial charge in [-0.1, -0.05) is 0 Å². The second-order valence-corrected chi connectivity index (χ2v) is 7.92. The van der Waals surface area contributed by atoms with E-state index >= 15 is 8.63 Å². The maximum Gasteiger partial charge on any atom is 0.737 e. The number of hydrogen-bond donors (Lipinski definition) is 0. The molecule has 2 nitrogen and oxygen atoms in total. The Morgan fingerprint density at radius 2 is 1.70 bits per heavy atom. The lowest BCUT2D eigenvalue weighted by atomic mass is 9.83. The fourth-order valence-corrected chi connectivity index (χ4v) is 4.58. The van der Waals surface area contributed by atoms with Crippen molar-refractivity contribution < 1.29 is 21.9 Å². The number of benzene rings is 1. The molecule has 0 spiro atoms. The molecular weight excluding hydrogens is 423 g/mol. The summed E-state index contributed by atoms with van der Waals surface area (Å²) in [6.45, 7) is 2.46. The van der Waals surface area contributed by atoms with Gasteiger partial charge in [-0.25, -0.2) is 8.78 Å². The van der Waals surface area contributed by atoms with Crippen LogP contribution in [0.5, 0.6) is 0 Å². The molecule has 0 saturated carbocycles. The first-order valence-electron chi connectivity index (χ1n) is 8.48. The molecule has 27 heavy (non-hydrogen) atoms. The average Bonchev–Trinajstić information content (AvgIpc) is 3.04. The molecular formula is C19H16BBrF4N2. The Labute approximate surface area is 162 Å². The summed E-state index contributed by atoms with van der Waals surface area (Å²) in [5.74, 6) is -2.10. The molecule has 0 fully saturated rings. The van der Waals surface area contributed by atoms with Crippen LogP contribution in [0.2, 0.25) is 0 Å². The van der Waals surface area contributed by atoms with Crippen molar-refractivity contribution >= 4 is 34.2 Å². The highest BCUT2D eigenvalue weighted by atomic mass is 79.9. The van der Waals surface area contributed by atoms with E-state index in [4.69, 9.17) is 0 Å². The van der Waals surface area contributed by atoms with E-state index in [1.807, 2.05) is 0 Å². The first kappa shape index (κ1) is 18.3. The number of hydrogen-bond acceptors (Lipinski definition) is 0. The fraction of sp³-hybridized carbons (Fsp3) is 0.211. The van der Waals surface area contributed by atoms with Gasteiger partial charge in [-0.05, 0) is 66.2 Å². The maximum atomic E-state index is 15.5. The van der Waals surface area contributed by atoms with E-state index < -0.39 is 18.6 Å². The molecule has 2 aromatic rings. The minimum Gasteiger partial charge on any atom is -0.393 e. The first-order valence-corrected chi connectivity index (χ1v) is 9.27. The normalized spacial score (nSPS) is 18.0. The minimum atomic E-state index is -4.14. The first-order chi connectivity index (χ1) is 12.6. The Hall–Kier alpha value is -2.09. The van der Waals surface area contributed by atoms with Crippen LogP contribution in [-0.2, 0) is 0 Å². The van der Waals surface area contributed by atoms with Gasteiger partial charge in [-0.2, -0.15) is 0 Å². The van der Waals surface area contributed by atoms with Crippen molar-refractivity contribution in [3.05, 3.63) is 74.2 Å². The zero-order valence-corrected chi connectivity index (χ0v) is 16.8. The van der Waals surface area contributed by atoms with Crippen molar-refractivity contribution in [3.63, 3.8) is 0 Å². The third-order valence-corrected chi connectivity index (χ3v) is 5.85. The predicted octanol–water partition coefficient (Wildman–Crippen LogP) is 5.57. The molecule has 2 aliphatic heterocycles. The smallest absolute Gasteiger partial charge is 0.393 e. The van der Waals surface area contributed by atoms with E-state index in [1.165, 1.54) is 12.1 Å². The van der Waals surface area contributed by atoms with Crippen molar-refractivity contribution in [2.24, 2.45) is 0 Å². The Balaban J connectivity index is 2.21. The summed E-state index contributed by atoms with van der Waals surface area (Å²) >= 11 is 2.97. The van der Waals surface area contributed by atoms with E-state index in [0.717, 1.165) is 8.96 Å². The number of fused-ring (bicyclic) bond motifs is 2. The van der Waals surface area contributed by atoms with E-state index in [1.54, 1.807) is 39.8 Å². The lowest BCUT2D eigenvalue weighted by Crippen LogP contribution is -2.51. The summed E-state index contributed by atoms with van der Waals surface area (Å²) in [6.07, 6.45) is 1.65. The van der Waals surface area contributed by atoms with Gasteiger partial charge in [0.1, 0.15) is 5.71 Å². The number of aromatic nitrogens is 1. The Kier molecular flexibility index (Phi) is 3.86. The molecule has 8 heteroatoms. The van der Waals surface area contributed by atoms with Gasteiger partial charge in [0.2, 0.25) is 0 Å². The summed E-state index contributed by atoms with van der Waals surface area (Å²) in [4.78, 5) is 0. The summed E-state index contributed by atoms with van der Waals surface area (Å²) < 4.78 is 62.0. The van der Waals surface area contributed by atoms with Crippen LogP contribution < -0.4 is 0 Å². The number of halogens is 5. The maximum absolute atomic E-state index is 15.5. The second-order valence-electron chi connectivity index (χ2n) is 7.06. The highest BCUT2D eigenvalue weighted by Crippen LogP contribution is 2.45. The standard InChI is InChI=1S/C19H16BBrF4N2/c1-9-7-11(3)26-18(9)15(13-5-6-14(21)17(23)16(13)22)19-10(2)8-12(4)27(19)20(26,24)25/h5-8H,1-4H3. The molecule has 0 aliphatic carbocycles. The van der Waals surface area contributed by atoms with Gasteiger partial charge in [0.15, 0.2) is 17.3 Å². The predicted molar refractivity (Wildman–Crippen MR) is 102 cm³/mol. The quantitative estimate of drug-likeness (QED) is 0.312. The molecule has 0 amide bonds. The summed E-state index contributed by atoms with van der Waals surface area (Å²) in [7, 11) is 0. The molecule has 0 bridgehead atoms. The van der Waals surface area contributed by atoms with E-state index in [-0.39, 0.29) is 27.0 Å². The highest BCUT2D eigenvalue weighted by Gasteiger charge is 2.55. The van der Waals surface area contributed by atoms with Crippen LogP contribution in [0.25, 0.3) is 5.57 Å². The summed E-state index contributed by atoms with van der Waals surface area (Å²) in [5, 5.41) is 0. The molecule has 0 unspecified atom stereocenters. The van der Waals surface area contributed by atoms with Gasteiger partial charge in [-0.3, -0.25) is 0 Å². The molecule has 2 aliphatic rings. The van der Waals surface area contributed by atoms with Crippen LogP contribution in [0.15, 0.2) is 40.0 Å². The largest absolute Gasteiger partial charge is 0.737 e. The number of aryl methyl sites for hydroxylation is 2. The molecule has 3 heterocycles.